The fourth-order valence-corrected chi connectivity index (χ4v) is 3.31. The van der Waals surface area contributed by atoms with E-state index in [1.54, 1.807) is 0 Å². The van der Waals surface area contributed by atoms with Crippen LogP contribution in [0.4, 0.5) is 0 Å². The molecule has 1 saturated heterocycles. The number of carbonyl (C=O) groups is 1. The van der Waals surface area contributed by atoms with Crippen LogP contribution in [0.5, 0.6) is 0 Å². The van der Waals surface area contributed by atoms with E-state index in [0.29, 0.717) is 18.4 Å². The van der Waals surface area contributed by atoms with E-state index in [-0.39, 0.29) is 12.4 Å². The highest BCUT2D eigenvalue weighted by Gasteiger charge is 2.35. The molecule has 4 heteroatoms. The number of hydrogen-bond acceptors (Lipinski definition) is 2. The van der Waals surface area contributed by atoms with Gasteiger partial charge in [-0.15, -0.1) is 12.4 Å². The zero-order valence-electron chi connectivity index (χ0n) is 10.8. The highest BCUT2D eigenvalue weighted by molar-refractivity contribution is 5.85. The van der Waals surface area contributed by atoms with Gasteiger partial charge >= 0.3 is 0 Å². The Bertz CT molecular complexity index is 242. The van der Waals surface area contributed by atoms with Gasteiger partial charge in [-0.25, -0.2) is 0 Å². The normalized spacial score (nSPS) is 25.0. The minimum atomic E-state index is 0. The van der Waals surface area contributed by atoms with Crippen molar-refractivity contribution in [2.75, 3.05) is 20.1 Å². The van der Waals surface area contributed by atoms with Gasteiger partial charge in [0.1, 0.15) is 0 Å². The van der Waals surface area contributed by atoms with Crippen LogP contribution in [0.3, 0.4) is 0 Å². The summed E-state index contributed by atoms with van der Waals surface area (Å²) in [4.78, 5) is 14.2. The molecule has 1 unspecified atom stereocenters. The van der Waals surface area contributed by atoms with Gasteiger partial charge in [0, 0.05) is 25.6 Å². The van der Waals surface area contributed by atoms with Crippen molar-refractivity contribution in [3.63, 3.8) is 0 Å². The Morgan fingerprint density at radius 1 is 1.24 bits per heavy atom. The highest BCUT2D eigenvalue weighted by Crippen LogP contribution is 2.35. The molecule has 0 aromatic carbocycles. The summed E-state index contributed by atoms with van der Waals surface area (Å²) in [6.45, 7) is 1.82. The van der Waals surface area contributed by atoms with E-state index < -0.39 is 0 Å². The first-order valence-corrected chi connectivity index (χ1v) is 6.77. The van der Waals surface area contributed by atoms with Crippen molar-refractivity contribution < 1.29 is 4.79 Å². The molecule has 17 heavy (non-hydrogen) atoms. The van der Waals surface area contributed by atoms with Gasteiger partial charge in [-0.2, -0.15) is 0 Å². The van der Waals surface area contributed by atoms with Crippen LogP contribution in [0.2, 0.25) is 0 Å². The largest absolute Gasteiger partial charge is 0.339 e. The minimum absolute atomic E-state index is 0. The van der Waals surface area contributed by atoms with E-state index in [9.17, 15) is 4.79 Å². The molecule has 1 atom stereocenters. The summed E-state index contributed by atoms with van der Waals surface area (Å²) in [6.07, 6.45) is 8.57. The summed E-state index contributed by atoms with van der Waals surface area (Å²) in [5, 5.41) is 3.06. The second-order valence-corrected chi connectivity index (χ2v) is 5.19. The fourth-order valence-electron chi connectivity index (χ4n) is 3.31. The van der Waals surface area contributed by atoms with E-state index in [1.165, 1.54) is 38.5 Å². The lowest BCUT2D eigenvalue weighted by Crippen LogP contribution is -2.40. The predicted octanol–water partition coefficient (Wildman–Crippen LogP) is 2.20. The smallest absolute Gasteiger partial charge is 0.224 e. The monoisotopic (exact) mass is 260 g/mol. The predicted molar refractivity (Wildman–Crippen MR) is 72.5 cm³/mol. The quantitative estimate of drug-likeness (QED) is 0.841. The third kappa shape index (κ3) is 3.59. The SMILES string of the molecule is CNCCC(=O)N1CCCC1C1CCCC1.Cl. The number of nitrogens with zero attached hydrogens (tertiary/aromatic N) is 1. The fraction of sp³-hybridized carbons (Fsp3) is 0.923. The van der Waals surface area contributed by atoms with Gasteiger partial charge in [0.25, 0.3) is 0 Å². The van der Waals surface area contributed by atoms with E-state index in [4.69, 9.17) is 0 Å². The molecule has 0 spiro atoms. The van der Waals surface area contributed by atoms with Gasteiger partial charge < -0.3 is 10.2 Å². The molecule has 0 aromatic heterocycles. The molecule has 2 aliphatic rings. The Kier molecular flexibility index (Phi) is 6.28. The Morgan fingerprint density at radius 2 is 1.94 bits per heavy atom. The number of hydrogen-bond donors (Lipinski definition) is 1. The molecule has 1 amide bonds. The maximum absolute atomic E-state index is 12.1. The number of halogens is 1. The zero-order valence-corrected chi connectivity index (χ0v) is 11.6. The van der Waals surface area contributed by atoms with Crippen LogP contribution in [0.15, 0.2) is 0 Å². The van der Waals surface area contributed by atoms with Gasteiger partial charge in [0.2, 0.25) is 5.91 Å². The van der Waals surface area contributed by atoms with Crippen LogP contribution < -0.4 is 5.32 Å². The molecule has 2 fully saturated rings. The summed E-state index contributed by atoms with van der Waals surface area (Å²) in [7, 11) is 1.91. The van der Waals surface area contributed by atoms with E-state index >= 15 is 0 Å². The van der Waals surface area contributed by atoms with Crippen LogP contribution >= 0.6 is 12.4 Å². The second-order valence-electron chi connectivity index (χ2n) is 5.19. The van der Waals surface area contributed by atoms with E-state index in [0.717, 1.165) is 19.0 Å². The standard InChI is InChI=1S/C13H24N2O.ClH/c1-14-9-8-13(16)15-10-4-7-12(15)11-5-2-3-6-11;/h11-12,14H,2-10H2,1H3;1H. The molecule has 100 valence electrons. The molecule has 1 N–H and O–H groups in total. The summed E-state index contributed by atoms with van der Waals surface area (Å²) < 4.78 is 0. The van der Waals surface area contributed by atoms with E-state index in [1.807, 2.05) is 7.05 Å². The summed E-state index contributed by atoms with van der Waals surface area (Å²) >= 11 is 0. The lowest BCUT2D eigenvalue weighted by molar-refractivity contribution is -0.132. The average molecular weight is 261 g/mol. The molecule has 0 aromatic rings. The third-order valence-corrected chi connectivity index (χ3v) is 4.15. The maximum atomic E-state index is 12.1. The first-order chi connectivity index (χ1) is 7.83. The average Bonchev–Trinajstić information content (AvgIpc) is 2.94. The molecule has 0 radical (unpaired) electrons. The summed E-state index contributed by atoms with van der Waals surface area (Å²) in [5.74, 6) is 1.17. The summed E-state index contributed by atoms with van der Waals surface area (Å²) in [6, 6.07) is 0.576. The van der Waals surface area contributed by atoms with Crippen molar-refractivity contribution in [3.8, 4) is 0 Å². The molecule has 1 aliphatic carbocycles. The van der Waals surface area contributed by atoms with Gasteiger partial charge in [0.15, 0.2) is 0 Å². The van der Waals surface area contributed by atoms with E-state index in [2.05, 4.69) is 10.2 Å². The van der Waals surface area contributed by atoms with Crippen molar-refractivity contribution in [1.82, 2.24) is 10.2 Å². The van der Waals surface area contributed by atoms with Gasteiger partial charge in [-0.3, -0.25) is 4.79 Å². The lowest BCUT2D eigenvalue weighted by Gasteiger charge is -2.29. The van der Waals surface area contributed by atoms with Crippen molar-refractivity contribution in [2.45, 2.75) is 51.0 Å². The molecule has 1 aliphatic heterocycles. The van der Waals surface area contributed by atoms with Crippen molar-refractivity contribution in [3.05, 3.63) is 0 Å². The maximum Gasteiger partial charge on any atom is 0.224 e. The van der Waals surface area contributed by atoms with Gasteiger partial charge in [-0.1, -0.05) is 12.8 Å². The van der Waals surface area contributed by atoms with Gasteiger partial charge in [-0.05, 0) is 38.6 Å². The highest BCUT2D eigenvalue weighted by atomic mass is 35.5. The van der Waals surface area contributed by atoms with Crippen molar-refractivity contribution >= 4 is 18.3 Å². The minimum Gasteiger partial charge on any atom is -0.339 e. The molecule has 3 nitrogen and oxygen atoms in total. The summed E-state index contributed by atoms with van der Waals surface area (Å²) in [5.41, 5.74) is 0. The molecular weight excluding hydrogens is 236 g/mol. The molecular formula is C13H25ClN2O. The number of rotatable bonds is 4. The first-order valence-electron chi connectivity index (χ1n) is 6.77. The van der Waals surface area contributed by atoms with Crippen molar-refractivity contribution in [1.29, 1.82) is 0 Å². The van der Waals surface area contributed by atoms with Crippen LogP contribution in [-0.4, -0.2) is 37.0 Å². The number of amides is 1. The van der Waals surface area contributed by atoms with Crippen LogP contribution in [0.25, 0.3) is 0 Å². The molecule has 1 saturated carbocycles. The van der Waals surface area contributed by atoms with Crippen LogP contribution in [-0.2, 0) is 4.79 Å². The molecule has 1 heterocycles. The van der Waals surface area contributed by atoms with Crippen LogP contribution in [0.1, 0.15) is 44.9 Å². The molecule has 0 bridgehead atoms. The topological polar surface area (TPSA) is 32.3 Å². The Labute approximate surface area is 111 Å². The number of likely N-dealkylation sites (tertiary alicyclic amines) is 1. The Balaban J connectivity index is 0.00000144. The zero-order chi connectivity index (χ0) is 11.4. The number of carbonyl (C=O) groups excluding carboxylic acids is 1. The molecule has 2 rings (SSSR count). The van der Waals surface area contributed by atoms with Crippen molar-refractivity contribution in [2.24, 2.45) is 5.92 Å². The Hall–Kier alpha value is -0.280. The Morgan fingerprint density at radius 3 is 2.59 bits per heavy atom. The number of nitrogens with one attached hydrogen (secondary N) is 1. The van der Waals surface area contributed by atoms with Crippen LogP contribution in [0, 0.1) is 5.92 Å². The van der Waals surface area contributed by atoms with Gasteiger partial charge in [0.05, 0.1) is 0 Å². The first kappa shape index (κ1) is 14.8. The second kappa shape index (κ2) is 7.22. The lowest BCUT2D eigenvalue weighted by atomic mass is 9.96. The third-order valence-electron chi connectivity index (χ3n) is 4.15.